The number of hydrogen-bond acceptors (Lipinski definition) is 1. The zero-order chi connectivity index (χ0) is 10.2. The molecule has 80 valence electrons. The van der Waals surface area contributed by atoms with Crippen molar-refractivity contribution in [3.63, 3.8) is 0 Å². The summed E-state index contributed by atoms with van der Waals surface area (Å²) in [5.74, 6) is 0. The first-order valence-corrected chi connectivity index (χ1v) is 5.87. The molecule has 0 radical (unpaired) electrons. The Morgan fingerprint density at radius 1 is 0.923 bits per heavy atom. The molecule has 0 amide bonds. The highest BCUT2D eigenvalue weighted by molar-refractivity contribution is 4.76. The lowest BCUT2D eigenvalue weighted by atomic mass is 9.99. The third kappa shape index (κ3) is 8.29. The molecular formula is C12H27N. The Bertz CT molecular complexity index is 108. The van der Waals surface area contributed by atoms with Crippen molar-refractivity contribution in [2.45, 2.75) is 71.8 Å². The molecule has 0 aromatic heterocycles. The van der Waals surface area contributed by atoms with Crippen LogP contribution < -0.4 is 5.32 Å². The number of hydrogen-bond donors (Lipinski definition) is 1. The predicted octanol–water partition coefficient (Wildman–Crippen LogP) is 3.74. The van der Waals surface area contributed by atoms with Gasteiger partial charge < -0.3 is 5.32 Å². The van der Waals surface area contributed by atoms with Crippen molar-refractivity contribution in [3.05, 3.63) is 0 Å². The van der Waals surface area contributed by atoms with Gasteiger partial charge in [-0.1, -0.05) is 39.5 Å². The summed E-state index contributed by atoms with van der Waals surface area (Å²) >= 11 is 0. The van der Waals surface area contributed by atoms with Crippen LogP contribution in [0, 0.1) is 0 Å². The average molecular weight is 185 g/mol. The Balaban J connectivity index is 3.29. The topological polar surface area (TPSA) is 12.0 Å². The van der Waals surface area contributed by atoms with Crippen LogP contribution in [0.3, 0.4) is 0 Å². The molecule has 13 heavy (non-hydrogen) atoms. The molecule has 0 aromatic rings. The largest absolute Gasteiger partial charge is 0.312 e. The fourth-order valence-corrected chi connectivity index (χ4v) is 1.69. The molecule has 1 heteroatoms. The first-order chi connectivity index (χ1) is 6.12. The highest BCUT2D eigenvalue weighted by Crippen LogP contribution is 2.10. The van der Waals surface area contributed by atoms with Crippen LogP contribution in [0.5, 0.6) is 0 Å². The first kappa shape index (κ1) is 13.0. The van der Waals surface area contributed by atoms with Crippen LogP contribution in [0.1, 0.15) is 66.2 Å². The summed E-state index contributed by atoms with van der Waals surface area (Å²) in [6, 6.07) is 0. The fourth-order valence-electron chi connectivity index (χ4n) is 1.69. The molecule has 0 spiro atoms. The van der Waals surface area contributed by atoms with Gasteiger partial charge in [0.2, 0.25) is 0 Å². The molecule has 0 aliphatic heterocycles. The second-order valence-electron chi connectivity index (χ2n) is 4.62. The molecule has 0 rings (SSSR count). The van der Waals surface area contributed by atoms with E-state index in [0.29, 0.717) is 5.54 Å². The Hall–Kier alpha value is -0.0400. The van der Waals surface area contributed by atoms with E-state index < -0.39 is 0 Å². The van der Waals surface area contributed by atoms with Crippen LogP contribution in [0.2, 0.25) is 0 Å². The van der Waals surface area contributed by atoms with Gasteiger partial charge in [-0.05, 0) is 33.2 Å². The Morgan fingerprint density at radius 3 is 2.15 bits per heavy atom. The minimum Gasteiger partial charge on any atom is -0.312 e. The van der Waals surface area contributed by atoms with Gasteiger partial charge in [0.15, 0.2) is 0 Å². The average Bonchev–Trinajstić information content (AvgIpc) is 2.04. The van der Waals surface area contributed by atoms with Crippen LogP contribution in [0.4, 0.5) is 0 Å². The standard InChI is InChI=1S/C12H27N/c1-5-7-8-9-11-13-12(3,4)10-6-2/h13H,5-11H2,1-4H3. The van der Waals surface area contributed by atoms with E-state index in [0.717, 1.165) is 0 Å². The molecule has 0 unspecified atom stereocenters. The zero-order valence-corrected chi connectivity index (χ0v) is 9.95. The molecule has 1 nitrogen and oxygen atoms in total. The van der Waals surface area contributed by atoms with E-state index in [9.17, 15) is 0 Å². The highest BCUT2D eigenvalue weighted by atomic mass is 14.9. The minimum atomic E-state index is 0.348. The summed E-state index contributed by atoms with van der Waals surface area (Å²) in [4.78, 5) is 0. The number of unbranched alkanes of at least 4 members (excludes halogenated alkanes) is 3. The quantitative estimate of drug-likeness (QED) is 0.568. The van der Waals surface area contributed by atoms with E-state index in [4.69, 9.17) is 0 Å². The van der Waals surface area contributed by atoms with Gasteiger partial charge >= 0.3 is 0 Å². The van der Waals surface area contributed by atoms with Gasteiger partial charge in [0, 0.05) is 5.54 Å². The van der Waals surface area contributed by atoms with Crippen molar-refractivity contribution < 1.29 is 0 Å². The fraction of sp³-hybridized carbons (Fsp3) is 1.00. The molecule has 0 fully saturated rings. The van der Waals surface area contributed by atoms with Gasteiger partial charge in [0.1, 0.15) is 0 Å². The monoisotopic (exact) mass is 185 g/mol. The van der Waals surface area contributed by atoms with Crippen LogP contribution in [0.15, 0.2) is 0 Å². The van der Waals surface area contributed by atoms with Crippen LogP contribution in [-0.4, -0.2) is 12.1 Å². The van der Waals surface area contributed by atoms with Crippen molar-refractivity contribution >= 4 is 0 Å². The Kier molecular flexibility index (Phi) is 7.35. The second kappa shape index (κ2) is 7.37. The summed E-state index contributed by atoms with van der Waals surface area (Å²) < 4.78 is 0. The van der Waals surface area contributed by atoms with E-state index >= 15 is 0 Å². The van der Waals surface area contributed by atoms with E-state index in [1.807, 2.05) is 0 Å². The van der Waals surface area contributed by atoms with Crippen molar-refractivity contribution in [1.29, 1.82) is 0 Å². The molecule has 0 aromatic carbocycles. The van der Waals surface area contributed by atoms with Crippen molar-refractivity contribution in [1.82, 2.24) is 5.32 Å². The van der Waals surface area contributed by atoms with Crippen LogP contribution in [-0.2, 0) is 0 Å². The lowest BCUT2D eigenvalue weighted by Gasteiger charge is -2.25. The molecule has 0 heterocycles. The SMILES string of the molecule is CCCCCCNC(C)(C)CCC. The molecule has 0 aliphatic rings. The molecule has 0 saturated carbocycles. The van der Waals surface area contributed by atoms with E-state index in [2.05, 4.69) is 33.0 Å². The third-order valence-corrected chi connectivity index (χ3v) is 2.51. The maximum Gasteiger partial charge on any atom is 0.0125 e. The normalized spacial score (nSPS) is 12.0. The van der Waals surface area contributed by atoms with Crippen LogP contribution in [0.25, 0.3) is 0 Å². The lowest BCUT2D eigenvalue weighted by Crippen LogP contribution is -2.39. The van der Waals surface area contributed by atoms with Crippen molar-refractivity contribution in [2.24, 2.45) is 0 Å². The molecular weight excluding hydrogens is 158 g/mol. The summed E-state index contributed by atoms with van der Waals surface area (Å²) in [6.07, 6.45) is 7.98. The van der Waals surface area contributed by atoms with Gasteiger partial charge in [-0.15, -0.1) is 0 Å². The predicted molar refractivity (Wildman–Crippen MR) is 61.1 cm³/mol. The molecule has 0 atom stereocenters. The van der Waals surface area contributed by atoms with E-state index in [1.54, 1.807) is 0 Å². The second-order valence-corrected chi connectivity index (χ2v) is 4.62. The summed E-state index contributed by atoms with van der Waals surface area (Å²) in [5, 5.41) is 3.62. The van der Waals surface area contributed by atoms with Gasteiger partial charge in [-0.25, -0.2) is 0 Å². The maximum absolute atomic E-state index is 3.62. The summed E-state index contributed by atoms with van der Waals surface area (Å²) in [7, 11) is 0. The van der Waals surface area contributed by atoms with Crippen molar-refractivity contribution in [2.75, 3.05) is 6.54 Å². The molecule has 0 saturated heterocycles. The van der Waals surface area contributed by atoms with Gasteiger partial charge in [0.25, 0.3) is 0 Å². The van der Waals surface area contributed by atoms with Crippen LogP contribution >= 0.6 is 0 Å². The summed E-state index contributed by atoms with van der Waals surface area (Å²) in [5.41, 5.74) is 0.348. The molecule has 0 aliphatic carbocycles. The minimum absolute atomic E-state index is 0.348. The number of nitrogens with one attached hydrogen (secondary N) is 1. The summed E-state index contributed by atoms with van der Waals surface area (Å²) in [6.45, 7) is 10.3. The van der Waals surface area contributed by atoms with E-state index in [1.165, 1.54) is 45.1 Å². The third-order valence-electron chi connectivity index (χ3n) is 2.51. The Labute approximate surface area is 84.3 Å². The maximum atomic E-state index is 3.62. The lowest BCUT2D eigenvalue weighted by molar-refractivity contribution is 0.354. The van der Waals surface area contributed by atoms with Gasteiger partial charge in [-0.3, -0.25) is 0 Å². The highest BCUT2D eigenvalue weighted by Gasteiger charge is 2.13. The van der Waals surface area contributed by atoms with Crippen molar-refractivity contribution in [3.8, 4) is 0 Å². The first-order valence-electron chi connectivity index (χ1n) is 5.87. The van der Waals surface area contributed by atoms with Gasteiger partial charge in [-0.2, -0.15) is 0 Å². The Morgan fingerprint density at radius 2 is 1.62 bits per heavy atom. The number of rotatable bonds is 8. The smallest absolute Gasteiger partial charge is 0.0125 e. The van der Waals surface area contributed by atoms with E-state index in [-0.39, 0.29) is 0 Å². The van der Waals surface area contributed by atoms with Gasteiger partial charge in [0.05, 0.1) is 0 Å². The molecule has 1 N–H and O–H groups in total. The zero-order valence-electron chi connectivity index (χ0n) is 9.95. The molecule has 0 bridgehead atoms.